The molecule has 0 saturated heterocycles. The van der Waals surface area contributed by atoms with E-state index >= 15 is 0 Å². The number of thioether (sulfide) groups is 1. The molecule has 110 valence electrons. The van der Waals surface area contributed by atoms with E-state index in [-0.39, 0.29) is 0 Å². The van der Waals surface area contributed by atoms with E-state index in [4.69, 9.17) is 4.74 Å². The van der Waals surface area contributed by atoms with Crippen LogP contribution in [0.3, 0.4) is 0 Å². The molecule has 0 aromatic heterocycles. The van der Waals surface area contributed by atoms with E-state index in [9.17, 15) is 5.11 Å². The van der Waals surface area contributed by atoms with Gasteiger partial charge in [0.15, 0.2) is 0 Å². The summed E-state index contributed by atoms with van der Waals surface area (Å²) in [6, 6.07) is 14.4. The van der Waals surface area contributed by atoms with Crippen molar-refractivity contribution in [2.75, 3.05) is 12.4 Å². The van der Waals surface area contributed by atoms with Crippen molar-refractivity contribution in [2.45, 2.75) is 30.8 Å². The van der Waals surface area contributed by atoms with E-state index in [1.54, 1.807) is 11.8 Å². The standard InChI is InChI=1S/C18H20O2S/c1-13-6-2-3-10-17(13)21-12-16(19)15-9-4-7-14-8-5-11-20-18(14)15/h2-4,6-7,9-10,16,19H,5,8,11-12H2,1H3. The third-order valence-corrected chi connectivity index (χ3v) is 5.06. The summed E-state index contributed by atoms with van der Waals surface area (Å²) < 4.78 is 5.78. The van der Waals surface area contributed by atoms with Crippen LogP contribution < -0.4 is 4.74 Å². The highest BCUT2D eigenvalue weighted by atomic mass is 32.2. The van der Waals surface area contributed by atoms with E-state index < -0.39 is 6.10 Å². The summed E-state index contributed by atoms with van der Waals surface area (Å²) in [5.41, 5.74) is 3.40. The van der Waals surface area contributed by atoms with Crippen molar-refractivity contribution in [2.24, 2.45) is 0 Å². The third-order valence-electron chi connectivity index (χ3n) is 3.81. The first kappa shape index (κ1) is 14.5. The molecule has 1 atom stereocenters. The van der Waals surface area contributed by atoms with Crippen LogP contribution in [0.25, 0.3) is 0 Å². The molecule has 1 N–H and O–H groups in total. The number of hydrogen-bond donors (Lipinski definition) is 1. The normalized spacial score (nSPS) is 15.1. The number of aryl methyl sites for hydroxylation is 2. The van der Waals surface area contributed by atoms with Crippen LogP contribution in [0.4, 0.5) is 0 Å². The van der Waals surface area contributed by atoms with Crippen molar-refractivity contribution in [3.63, 3.8) is 0 Å². The highest BCUT2D eigenvalue weighted by Crippen LogP contribution is 2.35. The SMILES string of the molecule is Cc1ccccc1SCC(O)c1cccc2c1OCCC2. The highest BCUT2D eigenvalue weighted by molar-refractivity contribution is 7.99. The molecular weight excluding hydrogens is 280 g/mol. The first-order chi connectivity index (χ1) is 10.3. The molecule has 0 bridgehead atoms. The summed E-state index contributed by atoms with van der Waals surface area (Å²) in [6.45, 7) is 2.85. The van der Waals surface area contributed by atoms with Crippen LogP contribution in [0.2, 0.25) is 0 Å². The topological polar surface area (TPSA) is 29.5 Å². The molecule has 1 aliphatic rings. The Kier molecular flexibility index (Phi) is 4.51. The van der Waals surface area contributed by atoms with Crippen molar-refractivity contribution in [3.05, 3.63) is 59.2 Å². The lowest BCUT2D eigenvalue weighted by molar-refractivity contribution is 0.192. The van der Waals surface area contributed by atoms with Gasteiger partial charge in [-0.15, -0.1) is 11.8 Å². The molecule has 0 saturated carbocycles. The Morgan fingerprint density at radius 2 is 2.05 bits per heavy atom. The number of hydrogen-bond acceptors (Lipinski definition) is 3. The summed E-state index contributed by atoms with van der Waals surface area (Å²) >= 11 is 1.70. The quantitative estimate of drug-likeness (QED) is 0.860. The Labute approximate surface area is 130 Å². The fourth-order valence-corrected chi connectivity index (χ4v) is 3.64. The van der Waals surface area contributed by atoms with Gasteiger partial charge in [-0.25, -0.2) is 0 Å². The van der Waals surface area contributed by atoms with Crippen LogP contribution in [0.15, 0.2) is 47.4 Å². The van der Waals surface area contributed by atoms with Crippen LogP contribution in [0, 0.1) is 6.92 Å². The molecule has 3 heteroatoms. The summed E-state index contributed by atoms with van der Waals surface area (Å²) in [6.07, 6.45) is 1.60. The third kappa shape index (κ3) is 3.25. The molecule has 2 nitrogen and oxygen atoms in total. The number of aliphatic hydroxyl groups is 1. The molecule has 2 aromatic rings. The smallest absolute Gasteiger partial charge is 0.128 e. The zero-order chi connectivity index (χ0) is 14.7. The van der Waals surface area contributed by atoms with Gasteiger partial charge in [0.2, 0.25) is 0 Å². The molecular formula is C18H20O2S. The average molecular weight is 300 g/mol. The first-order valence-corrected chi connectivity index (χ1v) is 8.35. The lowest BCUT2D eigenvalue weighted by Gasteiger charge is -2.22. The number of rotatable bonds is 4. The molecule has 3 rings (SSSR count). The maximum Gasteiger partial charge on any atom is 0.128 e. The lowest BCUT2D eigenvalue weighted by Crippen LogP contribution is -2.13. The van der Waals surface area contributed by atoms with Crippen LogP contribution in [0.1, 0.15) is 29.2 Å². The second-order valence-electron chi connectivity index (χ2n) is 5.38. The van der Waals surface area contributed by atoms with Crippen molar-refractivity contribution >= 4 is 11.8 Å². The number of benzene rings is 2. The van der Waals surface area contributed by atoms with Gasteiger partial charge >= 0.3 is 0 Å². The fourth-order valence-electron chi connectivity index (χ4n) is 2.65. The van der Waals surface area contributed by atoms with E-state index in [1.165, 1.54) is 16.0 Å². The zero-order valence-electron chi connectivity index (χ0n) is 12.2. The number of fused-ring (bicyclic) bond motifs is 1. The minimum Gasteiger partial charge on any atom is -0.493 e. The van der Waals surface area contributed by atoms with Crippen molar-refractivity contribution in [3.8, 4) is 5.75 Å². The number of ether oxygens (including phenoxy) is 1. The van der Waals surface area contributed by atoms with Gasteiger partial charge in [0, 0.05) is 16.2 Å². The Bertz CT molecular complexity index is 624. The molecule has 1 aliphatic heterocycles. The van der Waals surface area contributed by atoms with Gasteiger partial charge in [-0.2, -0.15) is 0 Å². The first-order valence-electron chi connectivity index (χ1n) is 7.37. The Balaban J connectivity index is 1.74. The fraction of sp³-hybridized carbons (Fsp3) is 0.333. The number of para-hydroxylation sites is 1. The Morgan fingerprint density at radius 1 is 1.19 bits per heavy atom. The molecule has 1 heterocycles. The maximum absolute atomic E-state index is 10.5. The summed E-state index contributed by atoms with van der Waals surface area (Å²) in [4.78, 5) is 1.22. The molecule has 21 heavy (non-hydrogen) atoms. The van der Waals surface area contributed by atoms with E-state index in [2.05, 4.69) is 25.1 Å². The predicted octanol–water partition coefficient (Wildman–Crippen LogP) is 4.15. The molecule has 0 amide bonds. The van der Waals surface area contributed by atoms with Gasteiger partial charge < -0.3 is 9.84 Å². The van der Waals surface area contributed by atoms with E-state index in [0.29, 0.717) is 5.75 Å². The van der Waals surface area contributed by atoms with Gasteiger partial charge in [0.05, 0.1) is 12.7 Å². The molecule has 2 aromatic carbocycles. The van der Waals surface area contributed by atoms with Crippen molar-refractivity contribution < 1.29 is 9.84 Å². The second kappa shape index (κ2) is 6.54. The van der Waals surface area contributed by atoms with Crippen LogP contribution in [-0.4, -0.2) is 17.5 Å². The molecule has 0 spiro atoms. The van der Waals surface area contributed by atoms with Crippen LogP contribution >= 0.6 is 11.8 Å². The average Bonchev–Trinajstić information content (AvgIpc) is 2.53. The van der Waals surface area contributed by atoms with Crippen LogP contribution in [-0.2, 0) is 6.42 Å². The molecule has 0 fully saturated rings. The zero-order valence-corrected chi connectivity index (χ0v) is 13.0. The monoisotopic (exact) mass is 300 g/mol. The second-order valence-corrected chi connectivity index (χ2v) is 6.44. The molecule has 0 aliphatic carbocycles. The maximum atomic E-state index is 10.5. The van der Waals surface area contributed by atoms with Gasteiger partial charge in [0.25, 0.3) is 0 Å². The molecule has 0 radical (unpaired) electrons. The predicted molar refractivity (Wildman–Crippen MR) is 87.1 cm³/mol. The van der Waals surface area contributed by atoms with Gasteiger partial charge in [-0.3, -0.25) is 0 Å². The number of aliphatic hydroxyl groups excluding tert-OH is 1. The summed E-state index contributed by atoms with van der Waals surface area (Å²) in [5, 5.41) is 10.5. The van der Waals surface area contributed by atoms with E-state index in [1.807, 2.05) is 24.3 Å². The van der Waals surface area contributed by atoms with Gasteiger partial charge in [-0.1, -0.05) is 36.4 Å². The minimum absolute atomic E-state index is 0.498. The van der Waals surface area contributed by atoms with E-state index in [0.717, 1.165) is 30.8 Å². The highest BCUT2D eigenvalue weighted by Gasteiger charge is 2.19. The van der Waals surface area contributed by atoms with Crippen molar-refractivity contribution in [1.82, 2.24) is 0 Å². The summed E-state index contributed by atoms with van der Waals surface area (Å²) in [5.74, 6) is 1.55. The largest absolute Gasteiger partial charge is 0.493 e. The Morgan fingerprint density at radius 3 is 2.90 bits per heavy atom. The van der Waals surface area contributed by atoms with Crippen LogP contribution in [0.5, 0.6) is 5.75 Å². The van der Waals surface area contributed by atoms with Crippen molar-refractivity contribution in [1.29, 1.82) is 0 Å². The van der Waals surface area contributed by atoms with Gasteiger partial charge in [0.1, 0.15) is 5.75 Å². The lowest BCUT2D eigenvalue weighted by atomic mass is 10.00. The summed E-state index contributed by atoms with van der Waals surface area (Å²) in [7, 11) is 0. The Hall–Kier alpha value is -1.45. The minimum atomic E-state index is -0.498. The molecule has 1 unspecified atom stereocenters. The van der Waals surface area contributed by atoms with Gasteiger partial charge in [-0.05, 0) is 37.0 Å².